The average molecular weight is 401 g/mol. The standard InChI is InChI=1S/C20H19NO8/c1-19(28)8-3-2-4-10(22)12(8)15(24)13-9(19)5-7-6-11(23)14(18(21)27)17(26)20(7,29)16(13)25/h2-4,7,9,22,24,26,28-29H,5-6H2,1H3,(H2,21,27)/t7-,9-,19+,20-/m1/s1. The van der Waals surface area contributed by atoms with E-state index in [0.717, 1.165) is 0 Å². The number of aliphatic hydroxyl groups is 4. The van der Waals surface area contributed by atoms with Gasteiger partial charge in [0.2, 0.25) is 5.78 Å². The molecule has 0 saturated heterocycles. The molecule has 9 nitrogen and oxygen atoms in total. The highest BCUT2D eigenvalue weighted by Gasteiger charge is 2.63. The van der Waals surface area contributed by atoms with Crippen LogP contribution in [0.2, 0.25) is 0 Å². The number of ketones is 2. The summed E-state index contributed by atoms with van der Waals surface area (Å²) in [7, 11) is 0. The van der Waals surface area contributed by atoms with Crippen molar-refractivity contribution in [3.05, 3.63) is 46.2 Å². The van der Waals surface area contributed by atoms with Crippen LogP contribution in [0.15, 0.2) is 35.1 Å². The number of hydrogen-bond acceptors (Lipinski definition) is 8. The molecule has 7 N–H and O–H groups in total. The monoisotopic (exact) mass is 401 g/mol. The van der Waals surface area contributed by atoms with Gasteiger partial charge in [-0.1, -0.05) is 12.1 Å². The predicted octanol–water partition coefficient (Wildman–Crippen LogP) is 0.0889. The average Bonchev–Trinajstić information content (AvgIpc) is 2.62. The van der Waals surface area contributed by atoms with Crippen molar-refractivity contribution in [2.75, 3.05) is 0 Å². The smallest absolute Gasteiger partial charge is 0.255 e. The lowest BCUT2D eigenvalue weighted by atomic mass is 9.56. The number of nitrogens with two attached hydrogens (primary N) is 1. The van der Waals surface area contributed by atoms with E-state index in [2.05, 4.69) is 0 Å². The first-order chi connectivity index (χ1) is 13.4. The molecule has 0 aromatic heterocycles. The molecule has 4 atom stereocenters. The van der Waals surface area contributed by atoms with Crippen LogP contribution < -0.4 is 5.73 Å². The quantitative estimate of drug-likeness (QED) is 0.358. The Morgan fingerprint density at radius 2 is 1.83 bits per heavy atom. The zero-order chi connectivity index (χ0) is 21.5. The third-order valence-corrected chi connectivity index (χ3v) is 6.36. The molecule has 1 saturated carbocycles. The third kappa shape index (κ3) is 2.19. The highest BCUT2D eigenvalue weighted by atomic mass is 16.3. The molecule has 0 spiro atoms. The molecule has 4 rings (SSSR count). The maximum atomic E-state index is 13.3. The first kappa shape index (κ1) is 19.2. The fourth-order valence-corrected chi connectivity index (χ4v) is 4.87. The minimum Gasteiger partial charge on any atom is -0.508 e. The molecule has 29 heavy (non-hydrogen) atoms. The number of amides is 1. The van der Waals surface area contributed by atoms with E-state index < -0.39 is 69.6 Å². The summed E-state index contributed by atoms with van der Waals surface area (Å²) in [5.41, 5.74) is -0.491. The van der Waals surface area contributed by atoms with Crippen LogP contribution in [-0.2, 0) is 20.0 Å². The van der Waals surface area contributed by atoms with Crippen molar-refractivity contribution in [1.29, 1.82) is 0 Å². The number of carbonyl (C=O) groups is 3. The molecule has 1 aromatic carbocycles. The van der Waals surface area contributed by atoms with Gasteiger partial charge in [0.25, 0.3) is 5.91 Å². The molecule has 0 heterocycles. The van der Waals surface area contributed by atoms with Crippen LogP contribution in [-0.4, -0.2) is 48.6 Å². The Morgan fingerprint density at radius 1 is 1.17 bits per heavy atom. The molecule has 1 aromatic rings. The number of benzene rings is 1. The van der Waals surface area contributed by atoms with Crippen molar-refractivity contribution in [2.45, 2.75) is 31.0 Å². The summed E-state index contributed by atoms with van der Waals surface area (Å²) in [5, 5.41) is 53.7. The molecule has 152 valence electrons. The fraction of sp³-hybridized carbons (Fsp3) is 0.350. The Bertz CT molecular complexity index is 1070. The molecule has 9 heteroatoms. The normalized spacial score (nSPS) is 33.9. The Kier molecular flexibility index (Phi) is 3.75. The van der Waals surface area contributed by atoms with E-state index in [9.17, 15) is 39.9 Å². The second-order valence-electron chi connectivity index (χ2n) is 7.91. The van der Waals surface area contributed by atoms with Gasteiger partial charge in [-0.3, -0.25) is 14.4 Å². The first-order valence-electron chi connectivity index (χ1n) is 8.96. The topological polar surface area (TPSA) is 178 Å². The molecule has 3 aliphatic rings. The molecule has 1 fully saturated rings. The summed E-state index contributed by atoms with van der Waals surface area (Å²) < 4.78 is 0. The van der Waals surface area contributed by atoms with E-state index in [4.69, 9.17) is 5.73 Å². The minimum absolute atomic E-state index is 0.147. The molecule has 0 radical (unpaired) electrons. The number of phenolic OH excluding ortho intramolecular Hbond substituents is 1. The van der Waals surface area contributed by atoms with Crippen molar-refractivity contribution >= 4 is 23.2 Å². The number of rotatable bonds is 1. The number of hydrogen-bond donors (Lipinski definition) is 6. The number of aromatic hydroxyl groups is 1. The van der Waals surface area contributed by atoms with E-state index in [1.54, 1.807) is 0 Å². The van der Waals surface area contributed by atoms with Crippen LogP contribution in [0.1, 0.15) is 30.9 Å². The zero-order valence-electron chi connectivity index (χ0n) is 15.3. The number of primary amides is 1. The lowest BCUT2D eigenvalue weighted by Gasteiger charge is -2.50. The summed E-state index contributed by atoms with van der Waals surface area (Å²) in [6.45, 7) is 1.40. The SMILES string of the molecule is C[C@]1(O)c2cccc(O)c2C(O)=C2C(=O)[C@@]3(O)C(O)=C(C(N)=O)C(=O)C[C@H]3C[C@H]21. The van der Waals surface area contributed by atoms with Crippen LogP contribution in [0, 0.1) is 11.8 Å². The summed E-state index contributed by atoms with van der Waals surface area (Å²) in [5.74, 6) is -7.61. The maximum absolute atomic E-state index is 13.3. The molecule has 3 aliphatic carbocycles. The molecule has 1 amide bonds. The molecule has 0 unspecified atom stereocenters. The van der Waals surface area contributed by atoms with Crippen LogP contribution in [0.5, 0.6) is 5.75 Å². The van der Waals surface area contributed by atoms with Gasteiger partial charge in [-0.15, -0.1) is 0 Å². The Balaban J connectivity index is 2.01. The van der Waals surface area contributed by atoms with E-state index in [-0.39, 0.29) is 23.3 Å². The van der Waals surface area contributed by atoms with Crippen LogP contribution in [0.25, 0.3) is 5.76 Å². The molecular weight excluding hydrogens is 382 g/mol. The number of carbonyl (C=O) groups excluding carboxylic acids is 3. The number of phenols is 1. The van der Waals surface area contributed by atoms with Crippen molar-refractivity contribution in [2.24, 2.45) is 17.6 Å². The van der Waals surface area contributed by atoms with Gasteiger partial charge in [-0.2, -0.15) is 0 Å². The highest BCUT2D eigenvalue weighted by Crippen LogP contribution is 2.56. The number of aliphatic hydroxyl groups excluding tert-OH is 2. The van der Waals surface area contributed by atoms with Crippen molar-refractivity contribution in [3.8, 4) is 5.75 Å². The van der Waals surface area contributed by atoms with Crippen LogP contribution in [0.3, 0.4) is 0 Å². The maximum Gasteiger partial charge on any atom is 0.255 e. The molecular formula is C20H19NO8. The summed E-state index contributed by atoms with van der Waals surface area (Å²) >= 11 is 0. The van der Waals surface area contributed by atoms with Crippen molar-refractivity contribution in [3.63, 3.8) is 0 Å². The van der Waals surface area contributed by atoms with Crippen molar-refractivity contribution in [1.82, 2.24) is 0 Å². The minimum atomic E-state index is -2.66. The van der Waals surface area contributed by atoms with Gasteiger partial charge in [0.1, 0.15) is 22.8 Å². The van der Waals surface area contributed by atoms with Gasteiger partial charge in [0.15, 0.2) is 11.4 Å². The van der Waals surface area contributed by atoms with Crippen LogP contribution >= 0.6 is 0 Å². The number of fused-ring (bicyclic) bond motifs is 3. The Morgan fingerprint density at radius 3 is 2.45 bits per heavy atom. The Hall–Kier alpha value is -3.17. The predicted molar refractivity (Wildman–Crippen MR) is 97.3 cm³/mol. The zero-order valence-corrected chi connectivity index (χ0v) is 15.3. The summed E-state index contributed by atoms with van der Waals surface area (Å²) in [6, 6.07) is 4.22. The van der Waals surface area contributed by atoms with Gasteiger partial charge >= 0.3 is 0 Å². The fourth-order valence-electron chi connectivity index (χ4n) is 4.87. The third-order valence-electron chi connectivity index (χ3n) is 6.36. The first-order valence-corrected chi connectivity index (χ1v) is 8.96. The summed E-state index contributed by atoms with van der Waals surface area (Å²) in [4.78, 5) is 37.2. The lowest BCUT2D eigenvalue weighted by Crippen LogP contribution is -2.60. The Labute approximate surface area is 164 Å². The lowest BCUT2D eigenvalue weighted by molar-refractivity contribution is -0.152. The highest BCUT2D eigenvalue weighted by molar-refractivity contribution is 6.22. The van der Waals surface area contributed by atoms with E-state index in [1.165, 1.54) is 25.1 Å². The van der Waals surface area contributed by atoms with Crippen LogP contribution in [0.4, 0.5) is 0 Å². The second-order valence-corrected chi connectivity index (χ2v) is 7.91. The van der Waals surface area contributed by atoms with Gasteiger partial charge in [0.05, 0.1) is 11.2 Å². The molecule has 0 bridgehead atoms. The summed E-state index contributed by atoms with van der Waals surface area (Å²) in [6.07, 6.45) is -0.594. The van der Waals surface area contributed by atoms with Gasteiger partial charge in [-0.05, 0) is 25.0 Å². The van der Waals surface area contributed by atoms with E-state index in [0.29, 0.717) is 0 Å². The van der Waals surface area contributed by atoms with Crippen molar-refractivity contribution < 1.29 is 39.9 Å². The van der Waals surface area contributed by atoms with Gasteiger partial charge < -0.3 is 31.3 Å². The number of Topliss-reactive ketones (excluding diaryl/α,β-unsaturated/α-hetero) is 2. The second kappa shape index (κ2) is 5.68. The largest absolute Gasteiger partial charge is 0.508 e. The van der Waals surface area contributed by atoms with E-state index >= 15 is 0 Å². The molecule has 0 aliphatic heterocycles. The van der Waals surface area contributed by atoms with Gasteiger partial charge in [0, 0.05) is 23.8 Å². The van der Waals surface area contributed by atoms with E-state index in [1.807, 2.05) is 0 Å². The van der Waals surface area contributed by atoms with Gasteiger partial charge in [-0.25, -0.2) is 0 Å².